The van der Waals surface area contributed by atoms with Gasteiger partial charge in [0.05, 0.1) is 6.10 Å². The quantitative estimate of drug-likeness (QED) is 0.757. The van der Waals surface area contributed by atoms with Crippen LogP contribution in [0.25, 0.3) is 0 Å². The molecule has 0 aromatic heterocycles. The summed E-state index contributed by atoms with van der Waals surface area (Å²) in [6.45, 7) is 7.12. The van der Waals surface area contributed by atoms with Crippen molar-refractivity contribution in [2.24, 2.45) is 5.41 Å². The van der Waals surface area contributed by atoms with E-state index in [0.717, 1.165) is 13.0 Å². The molecule has 0 bridgehead atoms. The lowest BCUT2D eigenvalue weighted by Crippen LogP contribution is -2.37. The monoisotopic (exact) mass is 227 g/mol. The van der Waals surface area contributed by atoms with Gasteiger partial charge in [0.1, 0.15) is 6.61 Å². The summed E-state index contributed by atoms with van der Waals surface area (Å²) in [6.07, 6.45) is 6.43. The highest BCUT2D eigenvalue weighted by molar-refractivity contribution is 5.77. The Kier molecular flexibility index (Phi) is 5.26. The highest BCUT2D eigenvalue weighted by atomic mass is 16.5. The van der Waals surface area contributed by atoms with Crippen molar-refractivity contribution in [2.75, 3.05) is 13.2 Å². The summed E-state index contributed by atoms with van der Waals surface area (Å²) in [7, 11) is 0. The summed E-state index contributed by atoms with van der Waals surface area (Å²) >= 11 is 0. The SMILES string of the molecule is CCC1(CNC(=O)COC(C)C)CCCC1. The zero-order chi connectivity index (χ0) is 12.0. The van der Waals surface area contributed by atoms with Gasteiger partial charge in [0, 0.05) is 6.54 Å². The molecule has 0 spiro atoms. The second-order valence-electron chi connectivity index (χ2n) is 5.20. The van der Waals surface area contributed by atoms with Crippen molar-refractivity contribution in [3.8, 4) is 0 Å². The summed E-state index contributed by atoms with van der Waals surface area (Å²) in [4.78, 5) is 11.5. The fourth-order valence-electron chi connectivity index (χ4n) is 2.36. The third-order valence-electron chi connectivity index (χ3n) is 3.62. The van der Waals surface area contributed by atoms with Gasteiger partial charge in [-0.05, 0) is 38.5 Å². The lowest BCUT2D eigenvalue weighted by Gasteiger charge is -2.27. The summed E-state index contributed by atoms with van der Waals surface area (Å²) in [5, 5.41) is 3.01. The Morgan fingerprint density at radius 3 is 2.50 bits per heavy atom. The van der Waals surface area contributed by atoms with Crippen LogP contribution in [0.15, 0.2) is 0 Å². The van der Waals surface area contributed by atoms with Crippen LogP contribution < -0.4 is 5.32 Å². The van der Waals surface area contributed by atoms with Crippen LogP contribution in [0.4, 0.5) is 0 Å². The minimum atomic E-state index is 0.0217. The minimum Gasteiger partial charge on any atom is -0.369 e. The molecule has 0 atom stereocenters. The zero-order valence-electron chi connectivity index (χ0n) is 10.8. The van der Waals surface area contributed by atoms with E-state index in [-0.39, 0.29) is 18.6 Å². The zero-order valence-corrected chi connectivity index (χ0v) is 10.8. The van der Waals surface area contributed by atoms with Gasteiger partial charge in [-0.25, -0.2) is 0 Å². The smallest absolute Gasteiger partial charge is 0.246 e. The normalized spacial score (nSPS) is 19.0. The van der Waals surface area contributed by atoms with Crippen molar-refractivity contribution in [1.29, 1.82) is 0 Å². The summed E-state index contributed by atoms with van der Waals surface area (Å²) in [5.41, 5.74) is 0.369. The van der Waals surface area contributed by atoms with E-state index in [1.807, 2.05) is 13.8 Å². The molecular formula is C13H25NO2. The fourth-order valence-corrected chi connectivity index (χ4v) is 2.36. The lowest BCUT2D eigenvalue weighted by atomic mass is 9.83. The molecule has 16 heavy (non-hydrogen) atoms. The molecule has 0 aliphatic heterocycles. The summed E-state index contributed by atoms with van der Waals surface area (Å²) in [5.74, 6) is 0.0217. The maximum absolute atomic E-state index is 11.5. The van der Waals surface area contributed by atoms with Crippen LogP contribution in [0.1, 0.15) is 52.9 Å². The highest BCUT2D eigenvalue weighted by Gasteiger charge is 2.32. The second kappa shape index (κ2) is 6.24. The van der Waals surface area contributed by atoms with Gasteiger partial charge in [-0.2, -0.15) is 0 Å². The molecule has 3 heteroatoms. The first-order valence-corrected chi connectivity index (χ1v) is 6.46. The summed E-state index contributed by atoms with van der Waals surface area (Å²) < 4.78 is 5.27. The Morgan fingerprint density at radius 2 is 2.00 bits per heavy atom. The fraction of sp³-hybridized carbons (Fsp3) is 0.923. The number of rotatable bonds is 6. The van der Waals surface area contributed by atoms with Gasteiger partial charge in [-0.15, -0.1) is 0 Å². The maximum Gasteiger partial charge on any atom is 0.246 e. The van der Waals surface area contributed by atoms with Crippen molar-refractivity contribution in [3.05, 3.63) is 0 Å². The van der Waals surface area contributed by atoms with E-state index in [1.54, 1.807) is 0 Å². The Bertz CT molecular complexity index is 220. The van der Waals surface area contributed by atoms with E-state index in [0.29, 0.717) is 5.41 Å². The Hall–Kier alpha value is -0.570. The number of nitrogens with one attached hydrogen (secondary N) is 1. The molecule has 0 heterocycles. The van der Waals surface area contributed by atoms with Crippen LogP contribution in [0.2, 0.25) is 0 Å². The number of ether oxygens (including phenoxy) is 1. The van der Waals surface area contributed by atoms with E-state index in [4.69, 9.17) is 4.74 Å². The molecule has 1 fully saturated rings. The summed E-state index contributed by atoms with van der Waals surface area (Å²) in [6, 6.07) is 0. The van der Waals surface area contributed by atoms with Gasteiger partial charge in [-0.1, -0.05) is 19.8 Å². The minimum absolute atomic E-state index is 0.0217. The topological polar surface area (TPSA) is 38.3 Å². The number of carbonyl (C=O) groups is 1. The molecule has 94 valence electrons. The largest absolute Gasteiger partial charge is 0.369 e. The molecule has 0 unspecified atom stereocenters. The molecular weight excluding hydrogens is 202 g/mol. The van der Waals surface area contributed by atoms with E-state index in [1.165, 1.54) is 25.7 Å². The molecule has 0 aromatic carbocycles. The third-order valence-corrected chi connectivity index (χ3v) is 3.62. The van der Waals surface area contributed by atoms with E-state index in [2.05, 4.69) is 12.2 Å². The lowest BCUT2D eigenvalue weighted by molar-refractivity contribution is -0.127. The predicted molar refractivity (Wildman–Crippen MR) is 65.3 cm³/mol. The third kappa shape index (κ3) is 4.12. The Balaban J connectivity index is 2.24. The van der Waals surface area contributed by atoms with Gasteiger partial charge < -0.3 is 10.1 Å². The standard InChI is InChI=1S/C13H25NO2/c1-4-13(7-5-6-8-13)10-14-12(15)9-16-11(2)3/h11H,4-10H2,1-3H3,(H,14,15). The highest BCUT2D eigenvalue weighted by Crippen LogP contribution is 2.40. The number of amides is 1. The van der Waals surface area contributed by atoms with Crippen LogP contribution in [0.3, 0.4) is 0 Å². The van der Waals surface area contributed by atoms with Crippen LogP contribution in [-0.4, -0.2) is 25.2 Å². The van der Waals surface area contributed by atoms with E-state index >= 15 is 0 Å². The average molecular weight is 227 g/mol. The average Bonchev–Trinajstić information content (AvgIpc) is 2.73. The molecule has 0 aromatic rings. The molecule has 3 nitrogen and oxygen atoms in total. The molecule has 1 aliphatic rings. The molecule has 1 amide bonds. The molecule has 1 rings (SSSR count). The van der Waals surface area contributed by atoms with Crippen molar-refractivity contribution >= 4 is 5.91 Å². The van der Waals surface area contributed by atoms with E-state index in [9.17, 15) is 4.79 Å². The van der Waals surface area contributed by atoms with Gasteiger partial charge in [0.2, 0.25) is 5.91 Å². The molecule has 0 radical (unpaired) electrons. The van der Waals surface area contributed by atoms with E-state index < -0.39 is 0 Å². The van der Waals surface area contributed by atoms with Crippen LogP contribution in [-0.2, 0) is 9.53 Å². The first-order valence-electron chi connectivity index (χ1n) is 6.46. The number of hydrogen-bond acceptors (Lipinski definition) is 2. The maximum atomic E-state index is 11.5. The first kappa shape index (κ1) is 13.5. The van der Waals surface area contributed by atoms with Crippen LogP contribution in [0.5, 0.6) is 0 Å². The van der Waals surface area contributed by atoms with Crippen molar-refractivity contribution in [1.82, 2.24) is 5.32 Å². The molecule has 1 saturated carbocycles. The van der Waals surface area contributed by atoms with Crippen molar-refractivity contribution in [3.63, 3.8) is 0 Å². The first-order chi connectivity index (χ1) is 7.58. The van der Waals surface area contributed by atoms with Gasteiger partial charge >= 0.3 is 0 Å². The molecule has 1 aliphatic carbocycles. The van der Waals surface area contributed by atoms with Crippen molar-refractivity contribution < 1.29 is 9.53 Å². The predicted octanol–water partition coefficient (Wildman–Crippen LogP) is 2.50. The second-order valence-corrected chi connectivity index (χ2v) is 5.20. The molecule has 1 N–H and O–H groups in total. The number of hydrogen-bond donors (Lipinski definition) is 1. The number of carbonyl (C=O) groups excluding carboxylic acids is 1. The molecule has 0 saturated heterocycles. The van der Waals surface area contributed by atoms with Gasteiger partial charge in [0.15, 0.2) is 0 Å². The van der Waals surface area contributed by atoms with Gasteiger partial charge in [-0.3, -0.25) is 4.79 Å². The Morgan fingerprint density at radius 1 is 1.38 bits per heavy atom. The Labute approximate surface area is 98.9 Å². The van der Waals surface area contributed by atoms with Gasteiger partial charge in [0.25, 0.3) is 0 Å². The van der Waals surface area contributed by atoms with Crippen molar-refractivity contribution in [2.45, 2.75) is 59.0 Å². The van der Waals surface area contributed by atoms with Crippen LogP contribution in [0, 0.1) is 5.41 Å². The van der Waals surface area contributed by atoms with Crippen LogP contribution >= 0.6 is 0 Å².